The lowest BCUT2D eigenvalue weighted by Gasteiger charge is -2.32. The van der Waals surface area contributed by atoms with Gasteiger partial charge in [0.25, 0.3) is 0 Å². The van der Waals surface area contributed by atoms with Gasteiger partial charge >= 0.3 is 6.18 Å². The van der Waals surface area contributed by atoms with E-state index >= 15 is 0 Å². The lowest BCUT2D eigenvalue weighted by Crippen LogP contribution is -2.48. The summed E-state index contributed by atoms with van der Waals surface area (Å²) < 4.78 is 38.1. The molecule has 0 aliphatic carbocycles. The summed E-state index contributed by atoms with van der Waals surface area (Å²) in [4.78, 5) is 2.13. The van der Waals surface area contributed by atoms with Crippen molar-refractivity contribution < 1.29 is 13.2 Å². The van der Waals surface area contributed by atoms with Crippen molar-refractivity contribution in [1.29, 1.82) is 0 Å². The minimum atomic E-state index is -4.35. The number of alkyl halides is 3. The molecule has 0 amide bonds. The van der Waals surface area contributed by atoms with Crippen molar-refractivity contribution in [3.05, 3.63) is 34.3 Å². The molecule has 19 heavy (non-hydrogen) atoms. The first-order valence-electron chi connectivity index (χ1n) is 6.17. The second-order valence-electron chi connectivity index (χ2n) is 4.94. The van der Waals surface area contributed by atoms with E-state index in [0.717, 1.165) is 25.7 Å². The number of nitrogens with zero attached hydrogens (tertiary/aromatic N) is 1. The van der Waals surface area contributed by atoms with Gasteiger partial charge in [-0.1, -0.05) is 11.6 Å². The first-order chi connectivity index (χ1) is 8.84. The first kappa shape index (κ1) is 14.6. The Hall–Kier alpha value is -0.780. The zero-order valence-corrected chi connectivity index (χ0v) is 11.4. The van der Waals surface area contributed by atoms with Crippen LogP contribution in [-0.2, 0) is 12.7 Å². The van der Waals surface area contributed by atoms with Crippen LogP contribution in [0, 0.1) is 0 Å². The molecule has 1 aliphatic heterocycles. The van der Waals surface area contributed by atoms with Crippen molar-refractivity contribution in [1.82, 2.24) is 10.2 Å². The van der Waals surface area contributed by atoms with E-state index < -0.39 is 11.7 Å². The normalized spacial score (nSPS) is 21.6. The SMILES string of the molecule is C[C@@H]1CN(Cc2cc(Cl)cc(C(F)(F)F)c2)CCN1. The number of nitrogens with one attached hydrogen (secondary N) is 1. The van der Waals surface area contributed by atoms with Gasteiger partial charge in [0, 0.05) is 37.2 Å². The van der Waals surface area contributed by atoms with E-state index in [0.29, 0.717) is 18.2 Å². The molecule has 1 aromatic carbocycles. The highest BCUT2D eigenvalue weighted by molar-refractivity contribution is 6.30. The molecule has 1 heterocycles. The third-order valence-electron chi connectivity index (χ3n) is 3.14. The van der Waals surface area contributed by atoms with Crippen molar-refractivity contribution in [2.75, 3.05) is 19.6 Å². The van der Waals surface area contributed by atoms with E-state index in [1.807, 2.05) is 0 Å². The van der Waals surface area contributed by atoms with Gasteiger partial charge in [0.15, 0.2) is 0 Å². The molecule has 1 N–H and O–H groups in total. The number of rotatable bonds is 2. The molecule has 1 saturated heterocycles. The van der Waals surface area contributed by atoms with E-state index in [9.17, 15) is 13.2 Å². The molecule has 2 nitrogen and oxygen atoms in total. The third kappa shape index (κ3) is 4.09. The maximum Gasteiger partial charge on any atom is 0.416 e. The summed E-state index contributed by atoms with van der Waals surface area (Å²) >= 11 is 5.77. The van der Waals surface area contributed by atoms with Crippen LogP contribution in [-0.4, -0.2) is 30.6 Å². The highest BCUT2D eigenvalue weighted by Gasteiger charge is 2.31. The van der Waals surface area contributed by atoms with Gasteiger partial charge in [-0.15, -0.1) is 0 Å². The fourth-order valence-electron chi connectivity index (χ4n) is 2.32. The van der Waals surface area contributed by atoms with Crippen LogP contribution in [0.1, 0.15) is 18.1 Å². The molecular formula is C13H16ClF3N2. The average Bonchev–Trinajstić information content (AvgIpc) is 2.26. The molecule has 0 bridgehead atoms. The topological polar surface area (TPSA) is 15.3 Å². The van der Waals surface area contributed by atoms with Crippen LogP contribution in [0.2, 0.25) is 5.02 Å². The van der Waals surface area contributed by atoms with Gasteiger partial charge in [0.1, 0.15) is 0 Å². The zero-order valence-electron chi connectivity index (χ0n) is 10.6. The van der Waals surface area contributed by atoms with Crippen LogP contribution >= 0.6 is 11.6 Å². The fourth-order valence-corrected chi connectivity index (χ4v) is 2.58. The molecule has 0 radical (unpaired) electrons. The van der Waals surface area contributed by atoms with Crippen LogP contribution in [0.25, 0.3) is 0 Å². The lowest BCUT2D eigenvalue weighted by molar-refractivity contribution is -0.137. The Morgan fingerprint density at radius 3 is 2.74 bits per heavy atom. The Bertz CT molecular complexity index is 448. The summed E-state index contributed by atoms with van der Waals surface area (Å²) in [6, 6.07) is 4.10. The molecule has 0 saturated carbocycles. The van der Waals surface area contributed by atoms with Gasteiger partial charge in [-0.05, 0) is 30.7 Å². The van der Waals surface area contributed by atoms with E-state index in [-0.39, 0.29) is 5.02 Å². The number of benzene rings is 1. The first-order valence-corrected chi connectivity index (χ1v) is 6.55. The Labute approximate surface area is 115 Å². The monoisotopic (exact) mass is 292 g/mol. The van der Waals surface area contributed by atoms with E-state index in [1.165, 1.54) is 6.07 Å². The summed E-state index contributed by atoms with van der Waals surface area (Å²) in [5, 5.41) is 3.43. The fraction of sp³-hybridized carbons (Fsp3) is 0.538. The summed E-state index contributed by atoms with van der Waals surface area (Å²) in [6.07, 6.45) is -4.35. The van der Waals surface area contributed by atoms with Crippen LogP contribution < -0.4 is 5.32 Å². The largest absolute Gasteiger partial charge is 0.416 e. The van der Waals surface area contributed by atoms with E-state index in [1.54, 1.807) is 6.07 Å². The van der Waals surface area contributed by atoms with Crippen LogP contribution in [0.4, 0.5) is 13.2 Å². The number of halogens is 4. The average molecular weight is 293 g/mol. The molecule has 1 aromatic rings. The molecule has 0 unspecified atom stereocenters. The molecule has 6 heteroatoms. The maximum absolute atomic E-state index is 12.7. The minimum Gasteiger partial charge on any atom is -0.312 e. The smallest absolute Gasteiger partial charge is 0.312 e. The Balaban J connectivity index is 2.14. The Morgan fingerprint density at radius 2 is 2.11 bits per heavy atom. The second-order valence-corrected chi connectivity index (χ2v) is 5.37. The molecule has 1 fully saturated rings. The van der Waals surface area contributed by atoms with Crippen LogP contribution in [0.5, 0.6) is 0 Å². The van der Waals surface area contributed by atoms with Gasteiger partial charge in [0.2, 0.25) is 0 Å². The third-order valence-corrected chi connectivity index (χ3v) is 3.36. The van der Waals surface area contributed by atoms with Crippen LogP contribution in [0.3, 0.4) is 0 Å². The van der Waals surface area contributed by atoms with Crippen molar-refractivity contribution >= 4 is 11.6 Å². The highest BCUT2D eigenvalue weighted by atomic mass is 35.5. The summed E-state index contributed by atoms with van der Waals surface area (Å²) in [5.74, 6) is 0. The molecule has 1 aliphatic rings. The van der Waals surface area contributed by atoms with Crippen molar-refractivity contribution in [2.24, 2.45) is 0 Å². The molecule has 0 aromatic heterocycles. The predicted octanol–water partition coefficient (Wildman–Crippen LogP) is 3.15. The molecule has 106 valence electrons. The lowest BCUT2D eigenvalue weighted by atomic mass is 10.1. The van der Waals surface area contributed by atoms with Gasteiger partial charge in [-0.2, -0.15) is 13.2 Å². The van der Waals surface area contributed by atoms with Crippen molar-refractivity contribution in [3.63, 3.8) is 0 Å². The summed E-state index contributed by atoms with van der Waals surface area (Å²) in [5.41, 5.74) is -0.0768. The maximum atomic E-state index is 12.7. The van der Waals surface area contributed by atoms with Gasteiger partial charge in [-0.25, -0.2) is 0 Å². The zero-order chi connectivity index (χ0) is 14.0. The summed E-state index contributed by atoms with van der Waals surface area (Å²) in [6.45, 7) is 5.07. The number of piperazine rings is 1. The van der Waals surface area contributed by atoms with E-state index in [4.69, 9.17) is 11.6 Å². The molecule has 2 rings (SSSR count). The second kappa shape index (κ2) is 5.69. The Kier molecular flexibility index (Phi) is 4.38. The van der Waals surface area contributed by atoms with Crippen LogP contribution in [0.15, 0.2) is 18.2 Å². The Morgan fingerprint density at radius 1 is 1.37 bits per heavy atom. The van der Waals surface area contributed by atoms with Gasteiger partial charge in [0.05, 0.1) is 5.56 Å². The molecule has 1 atom stereocenters. The van der Waals surface area contributed by atoms with Gasteiger partial charge in [-0.3, -0.25) is 4.90 Å². The highest BCUT2D eigenvalue weighted by Crippen LogP contribution is 2.32. The predicted molar refractivity (Wildman–Crippen MR) is 69.2 cm³/mol. The quantitative estimate of drug-likeness (QED) is 0.901. The van der Waals surface area contributed by atoms with Gasteiger partial charge < -0.3 is 5.32 Å². The minimum absolute atomic E-state index is 0.132. The van der Waals surface area contributed by atoms with Crippen molar-refractivity contribution in [3.8, 4) is 0 Å². The number of hydrogen-bond donors (Lipinski definition) is 1. The number of hydrogen-bond acceptors (Lipinski definition) is 2. The van der Waals surface area contributed by atoms with Crippen molar-refractivity contribution in [2.45, 2.75) is 25.7 Å². The van der Waals surface area contributed by atoms with E-state index in [2.05, 4.69) is 17.1 Å². The molecular weight excluding hydrogens is 277 g/mol. The standard InChI is InChI=1S/C13H16ClF3N2/c1-9-7-19(3-2-18-9)8-10-4-11(13(15,16)17)6-12(14)5-10/h4-6,9,18H,2-3,7-8H2,1H3/t9-/m1/s1. The molecule has 0 spiro atoms. The summed E-state index contributed by atoms with van der Waals surface area (Å²) in [7, 11) is 0.